The Morgan fingerprint density at radius 1 is 1.17 bits per heavy atom. The van der Waals surface area contributed by atoms with Crippen LogP contribution in [0.25, 0.3) is 11.0 Å². The summed E-state index contributed by atoms with van der Waals surface area (Å²) in [6.07, 6.45) is 0.932. The first-order valence-electron chi connectivity index (χ1n) is 7.81. The smallest absolute Gasteiger partial charge is 0.336 e. The molecule has 0 aliphatic heterocycles. The van der Waals surface area contributed by atoms with Gasteiger partial charge < -0.3 is 14.8 Å². The molecule has 0 saturated carbocycles. The van der Waals surface area contributed by atoms with E-state index in [1.807, 2.05) is 12.1 Å². The van der Waals surface area contributed by atoms with E-state index >= 15 is 0 Å². The van der Waals surface area contributed by atoms with Crippen LogP contribution in [0.4, 0.5) is 0 Å². The highest BCUT2D eigenvalue weighted by Crippen LogP contribution is 2.24. The van der Waals surface area contributed by atoms with Crippen molar-refractivity contribution in [1.82, 2.24) is 5.32 Å². The fraction of sp³-hybridized carbons (Fsp3) is 0.211. The Balaban J connectivity index is 1.86. The zero-order chi connectivity index (χ0) is 17.1. The van der Waals surface area contributed by atoms with Crippen LogP contribution in [-0.4, -0.2) is 5.11 Å². The molecule has 0 bridgehead atoms. The molecule has 1 atom stereocenters. The molecule has 1 aromatic heterocycles. The lowest BCUT2D eigenvalue weighted by Crippen LogP contribution is -2.21. The molecule has 0 amide bonds. The number of fused-ring (bicyclic) bond motifs is 1. The molecular weight excluding hydrogens is 370 g/mol. The van der Waals surface area contributed by atoms with E-state index in [1.54, 1.807) is 12.1 Å². The number of halogens is 1. The maximum Gasteiger partial charge on any atom is 0.336 e. The molecule has 0 aliphatic rings. The molecule has 0 unspecified atom stereocenters. The predicted octanol–water partition coefficient (Wildman–Crippen LogP) is 4.50. The van der Waals surface area contributed by atoms with Gasteiger partial charge in [0.1, 0.15) is 11.3 Å². The second-order valence-corrected chi connectivity index (χ2v) is 6.58. The van der Waals surface area contributed by atoms with Crippen LogP contribution in [0.15, 0.2) is 62.2 Å². The van der Waals surface area contributed by atoms with Crippen molar-refractivity contribution in [3.63, 3.8) is 0 Å². The number of aromatic hydroxyl groups is 1. The molecule has 0 fully saturated rings. The topological polar surface area (TPSA) is 62.5 Å². The van der Waals surface area contributed by atoms with Gasteiger partial charge in [-0.3, -0.25) is 0 Å². The van der Waals surface area contributed by atoms with Gasteiger partial charge in [0.25, 0.3) is 0 Å². The number of phenols is 1. The molecule has 2 aromatic carbocycles. The minimum atomic E-state index is -0.415. The molecule has 3 rings (SSSR count). The summed E-state index contributed by atoms with van der Waals surface area (Å²) < 4.78 is 6.21. The standard InChI is InChI=1S/C19H18BrNO3/c1-2-17(12-3-5-14(20)6-4-12)21-11-13-9-19(23)24-18-10-15(22)7-8-16(13)18/h3-10,17,21-22H,2,11H2,1H3/t17-/m0/s1. The fourth-order valence-electron chi connectivity index (χ4n) is 2.79. The summed E-state index contributed by atoms with van der Waals surface area (Å²) in [6.45, 7) is 2.66. The van der Waals surface area contributed by atoms with Crippen molar-refractivity contribution in [2.75, 3.05) is 0 Å². The summed E-state index contributed by atoms with van der Waals surface area (Å²) in [5.41, 5.74) is 2.04. The average Bonchev–Trinajstić information content (AvgIpc) is 2.56. The highest BCUT2D eigenvalue weighted by atomic mass is 79.9. The number of phenolic OH excluding ortho intramolecular Hbond substituents is 1. The third kappa shape index (κ3) is 3.68. The monoisotopic (exact) mass is 387 g/mol. The molecule has 24 heavy (non-hydrogen) atoms. The van der Waals surface area contributed by atoms with E-state index in [0.29, 0.717) is 12.1 Å². The molecular formula is C19H18BrNO3. The second-order valence-electron chi connectivity index (χ2n) is 5.66. The molecule has 3 aromatic rings. The molecule has 0 radical (unpaired) electrons. The Hall–Kier alpha value is -2.11. The van der Waals surface area contributed by atoms with E-state index in [-0.39, 0.29) is 11.8 Å². The summed E-state index contributed by atoms with van der Waals surface area (Å²) in [7, 11) is 0. The minimum absolute atomic E-state index is 0.0806. The van der Waals surface area contributed by atoms with Gasteiger partial charge >= 0.3 is 5.63 Å². The molecule has 124 valence electrons. The van der Waals surface area contributed by atoms with Gasteiger partial charge in [-0.25, -0.2) is 4.79 Å². The van der Waals surface area contributed by atoms with Gasteiger partial charge in [-0.05, 0) is 41.8 Å². The summed E-state index contributed by atoms with van der Waals surface area (Å²) >= 11 is 3.45. The van der Waals surface area contributed by atoms with E-state index in [0.717, 1.165) is 21.8 Å². The Bertz CT molecular complexity index is 903. The average molecular weight is 388 g/mol. The SMILES string of the molecule is CC[C@H](NCc1cc(=O)oc2cc(O)ccc12)c1ccc(Br)cc1. The first-order valence-corrected chi connectivity index (χ1v) is 8.60. The van der Waals surface area contributed by atoms with Crippen LogP contribution >= 0.6 is 15.9 Å². The number of rotatable bonds is 5. The summed E-state index contributed by atoms with van der Waals surface area (Å²) in [5, 5.41) is 13.9. The van der Waals surface area contributed by atoms with Gasteiger partial charge in [-0.15, -0.1) is 0 Å². The fourth-order valence-corrected chi connectivity index (χ4v) is 3.06. The lowest BCUT2D eigenvalue weighted by Gasteiger charge is -2.18. The highest BCUT2D eigenvalue weighted by Gasteiger charge is 2.11. The van der Waals surface area contributed by atoms with Gasteiger partial charge in [0, 0.05) is 34.6 Å². The predicted molar refractivity (Wildman–Crippen MR) is 98.2 cm³/mol. The van der Waals surface area contributed by atoms with Crippen molar-refractivity contribution >= 4 is 26.9 Å². The maximum absolute atomic E-state index is 11.8. The van der Waals surface area contributed by atoms with Crippen molar-refractivity contribution in [2.45, 2.75) is 25.9 Å². The maximum atomic E-state index is 11.8. The van der Waals surface area contributed by atoms with Crippen molar-refractivity contribution < 1.29 is 9.52 Å². The van der Waals surface area contributed by atoms with Crippen LogP contribution in [0, 0.1) is 0 Å². The van der Waals surface area contributed by atoms with Crippen LogP contribution in [-0.2, 0) is 6.54 Å². The van der Waals surface area contributed by atoms with Crippen LogP contribution < -0.4 is 10.9 Å². The molecule has 0 aliphatic carbocycles. The largest absolute Gasteiger partial charge is 0.508 e. The van der Waals surface area contributed by atoms with Crippen molar-refractivity contribution in [2.24, 2.45) is 0 Å². The molecule has 2 N–H and O–H groups in total. The van der Waals surface area contributed by atoms with Crippen LogP contribution in [0.3, 0.4) is 0 Å². The van der Waals surface area contributed by atoms with E-state index in [4.69, 9.17) is 4.42 Å². The third-order valence-electron chi connectivity index (χ3n) is 4.03. The van der Waals surface area contributed by atoms with Crippen molar-refractivity contribution in [3.05, 3.63) is 74.6 Å². The lowest BCUT2D eigenvalue weighted by atomic mass is 10.0. The Morgan fingerprint density at radius 3 is 2.62 bits per heavy atom. The minimum Gasteiger partial charge on any atom is -0.508 e. The van der Waals surface area contributed by atoms with Gasteiger partial charge in [-0.2, -0.15) is 0 Å². The van der Waals surface area contributed by atoms with Crippen LogP contribution in [0.2, 0.25) is 0 Å². The summed E-state index contributed by atoms with van der Waals surface area (Å²) in [6, 6.07) is 14.7. The quantitative estimate of drug-likeness (QED) is 0.632. The van der Waals surface area contributed by atoms with Gasteiger partial charge in [0.15, 0.2) is 0 Å². The van der Waals surface area contributed by atoms with Gasteiger partial charge in [-0.1, -0.05) is 35.0 Å². The zero-order valence-electron chi connectivity index (χ0n) is 13.3. The molecule has 0 saturated heterocycles. The Labute approximate surface area is 148 Å². The normalized spacial score (nSPS) is 12.4. The zero-order valence-corrected chi connectivity index (χ0v) is 14.8. The van der Waals surface area contributed by atoms with E-state index in [2.05, 4.69) is 40.3 Å². The van der Waals surface area contributed by atoms with Crippen LogP contribution in [0.5, 0.6) is 5.75 Å². The number of nitrogens with one attached hydrogen (secondary N) is 1. The Kier molecular flexibility index (Phi) is 5.02. The molecule has 5 heteroatoms. The number of hydrogen-bond donors (Lipinski definition) is 2. The highest BCUT2D eigenvalue weighted by molar-refractivity contribution is 9.10. The molecule has 4 nitrogen and oxygen atoms in total. The molecule has 0 spiro atoms. The Morgan fingerprint density at radius 2 is 1.92 bits per heavy atom. The first-order chi connectivity index (χ1) is 11.6. The molecule has 1 heterocycles. The number of hydrogen-bond acceptors (Lipinski definition) is 4. The van der Waals surface area contributed by atoms with E-state index in [1.165, 1.54) is 17.7 Å². The van der Waals surface area contributed by atoms with Gasteiger partial charge in [0.2, 0.25) is 0 Å². The van der Waals surface area contributed by atoms with Crippen molar-refractivity contribution in [1.29, 1.82) is 0 Å². The second kappa shape index (κ2) is 7.20. The summed E-state index contributed by atoms with van der Waals surface area (Å²) in [4.78, 5) is 11.8. The lowest BCUT2D eigenvalue weighted by molar-refractivity contribution is 0.472. The van der Waals surface area contributed by atoms with Crippen LogP contribution in [0.1, 0.15) is 30.5 Å². The van der Waals surface area contributed by atoms with Gasteiger partial charge in [0.05, 0.1) is 0 Å². The third-order valence-corrected chi connectivity index (χ3v) is 4.56. The number of benzene rings is 2. The van der Waals surface area contributed by atoms with Crippen molar-refractivity contribution in [3.8, 4) is 5.75 Å². The first kappa shape index (κ1) is 16.7. The van der Waals surface area contributed by atoms with E-state index in [9.17, 15) is 9.90 Å². The van der Waals surface area contributed by atoms with E-state index < -0.39 is 5.63 Å². The summed E-state index contributed by atoms with van der Waals surface area (Å²) in [5.74, 6) is 0.0806.